The summed E-state index contributed by atoms with van der Waals surface area (Å²) >= 11 is 0. The van der Waals surface area contributed by atoms with Gasteiger partial charge in [0.25, 0.3) is 0 Å². The van der Waals surface area contributed by atoms with Crippen molar-refractivity contribution in [1.29, 1.82) is 0 Å². The third kappa shape index (κ3) is 11.4. The van der Waals surface area contributed by atoms with E-state index in [1.54, 1.807) is 0 Å². The van der Waals surface area contributed by atoms with Crippen LogP contribution in [0.5, 0.6) is 11.5 Å². The highest BCUT2D eigenvalue weighted by atomic mass is 16.7. The molecule has 0 saturated heterocycles. The minimum atomic E-state index is 0.305. The van der Waals surface area contributed by atoms with Crippen LogP contribution in [0.15, 0.2) is 12.1 Å². The molecule has 2 rings (SSSR count). The van der Waals surface area contributed by atoms with E-state index in [0.717, 1.165) is 56.6 Å². The Morgan fingerprint density at radius 2 is 1.34 bits per heavy atom. The second kappa shape index (κ2) is 17.5. The minimum absolute atomic E-state index is 0.305. The average molecular weight is 413 g/mol. The average Bonchev–Trinajstić information content (AvgIpc) is 3.18. The van der Waals surface area contributed by atoms with Gasteiger partial charge in [-0.05, 0) is 42.5 Å². The van der Waals surface area contributed by atoms with E-state index in [2.05, 4.69) is 26.8 Å². The Balaban J connectivity index is 0.000000749. The van der Waals surface area contributed by atoms with Crippen molar-refractivity contribution in [3.05, 3.63) is 23.3 Å². The Labute approximate surface area is 176 Å². The number of aliphatic hydroxyl groups is 1. The lowest BCUT2D eigenvalue weighted by atomic mass is 10.0. The normalized spacial score (nSPS) is 12.0. The van der Waals surface area contributed by atoms with Crippen LogP contribution >= 0.6 is 0 Å². The number of hydrogen-bond acceptors (Lipinski definition) is 6. The Kier molecular flexibility index (Phi) is 15.5. The van der Waals surface area contributed by atoms with Gasteiger partial charge in [-0.25, -0.2) is 0 Å². The maximum atomic E-state index is 8.07. The fourth-order valence-corrected chi connectivity index (χ4v) is 2.69. The first-order chi connectivity index (χ1) is 14.3. The molecule has 0 radical (unpaired) electrons. The van der Waals surface area contributed by atoms with Crippen LogP contribution in [0.1, 0.15) is 64.0 Å². The molecule has 1 heterocycles. The summed E-state index contributed by atoms with van der Waals surface area (Å²) in [5, 5.41) is 8.07. The fraction of sp³-hybridized carbons (Fsp3) is 0.739. The summed E-state index contributed by atoms with van der Waals surface area (Å²) in [7, 11) is 0. The van der Waals surface area contributed by atoms with E-state index in [1.807, 2.05) is 6.07 Å². The smallest absolute Gasteiger partial charge is 0.231 e. The molecule has 1 aromatic carbocycles. The van der Waals surface area contributed by atoms with Gasteiger partial charge < -0.3 is 28.8 Å². The fourth-order valence-electron chi connectivity index (χ4n) is 2.69. The highest BCUT2D eigenvalue weighted by Gasteiger charge is 2.16. The van der Waals surface area contributed by atoms with Crippen LogP contribution in [0.25, 0.3) is 0 Å². The summed E-state index contributed by atoms with van der Waals surface area (Å²) in [6, 6.07) is 4.12. The van der Waals surface area contributed by atoms with Gasteiger partial charge in [-0.15, -0.1) is 0 Å². The quantitative estimate of drug-likeness (QED) is 0.428. The zero-order valence-corrected chi connectivity index (χ0v) is 18.5. The van der Waals surface area contributed by atoms with E-state index in [9.17, 15) is 0 Å². The van der Waals surface area contributed by atoms with Crippen molar-refractivity contribution in [2.24, 2.45) is 0 Å². The van der Waals surface area contributed by atoms with Crippen LogP contribution in [-0.2, 0) is 27.2 Å². The topological polar surface area (TPSA) is 66.4 Å². The molecule has 0 unspecified atom stereocenters. The summed E-state index contributed by atoms with van der Waals surface area (Å²) in [4.78, 5) is 0. The van der Waals surface area contributed by atoms with Gasteiger partial charge in [-0.1, -0.05) is 40.0 Å². The highest BCUT2D eigenvalue weighted by Crippen LogP contribution is 2.35. The van der Waals surface area contributed by atoms with E-state index in [-0.39, 0.29) is 0 Å². The predicted molar refractivity (Wildman–Crippen MR) is 115 cm³/mol. The van der Waals surface area contributed by atoms with Gasteiger partial charge in [-0.3, -0.25) is 0 Å². The molecule has 29 heavy (non-hydrogen) atoms. The Morgan fingerprint density at radius 3 is 1.90 bits per heavy atom. The Morgan fingerprint density at radius 1 is 0.759 bits per heavy atom. The first-order valence-electron chi connectivity index (χ1n) is 11.0. The Bertz CT molecular complexity index is 518. The standard InChI is InChI=1S/C19H30O5.C4H10O/c1-3-5-7-20-8-9-21-10-11-22-14-17-13-19-18(23-15-24-19)12-16(17)6-4-2;1-2-3-4-5/h12-13H,3-11,14-15H2,1-2H3;5H,2-4H2,1H3. The van der Waals surface area contributed by atoms with Crippen molar-refractivity contribution in [3.8, 4) is 11.5 Å². The van der Waals surface area contributed by atoms with Crippen LogP contribution in [-0.4, -0.2) is 51.5 Å². The van der Waals surface area contributed by atoms with Crippen LogP contribution in [0.3, 0.4) is 0 Å². The van der Waals surface area contributed by atoms with Crippen LogP contribution in [0, 0.1) is 0 Å². The van der Waals surface area contributed by atoms with Gasteiger partial charge >= 0.3 is 0 Å². The van der Waals surface area contributed by atoms with Crippen molar-refractivity contribution in [3.63, 3.8) is 0 Å². The van der Waals surface area contributed by atoms with E-state index in [4.69, 9.17) is 28.8 Å². The number of hydrogen-bond donors (Lipinski definition) is 1. The summed E-state index contributed by atoms with van der Waals surface area (Å²) < 4.78 is 27.6. The second-order valence-corrected chi connectivity index (χ2v) is 6.93. The molecule has 1 aromatic rings. The molecule has 0 bridgehead atoms. The zero-order chi connectivity index (χ0) is 21.2. The monoisotopic (exact) mass is 412 g/mol. The lowest BCUT2D eigenvalue weighted by Gasteiger charge is -2.11. The highest BCUT2D eigenvalue weighted by molar-refractivity contribution is 5.48. The van der Waals surface area contributed by atoms with Gasteiger partial charge in [0.05, 0.1) is 33.0 Å². The first kappa shape index (κ1) is 25.7. The molecule has 168 valence electrons. The molecule has 6 heteroatoms. The first-order valence-corrected chi connectivity index (χ1v) is 11.0. The third-order valence-electron chi connectivity index (χ3n) is 4.37. The van der Waals surface area contributed by atoms with Gasteiger partial charge in [-0.2, -0.15) is 0 Å². The van der Waals surface area contributed by atoms with Crippen molar-refractivity contribution >= 4 is 0 Å². The lowest BCUT2D eigenvalue weighted by Crippen LogP contribution is -2.10. The SMILES string of the molecule is CCCCO.CCCCOCCOCCOCc1cc2c(cc1CCC)OCO2. The molecule has 0 aromatic heterocycles. The van der Waals surface area contributed by atoms with E-state index < -0.39 is 0 Å². The molecular formula is C23H40O6. The van der Waals surface area contributed by atoms with Crippen molar-refractivity contribution < 1.29 is 28.8 Å². The molecule has 1 aliphatic heterocycles. The van der Waals surface area contributed by atoms with Crippen LogP contribution in [0.4, 0.5) is 0 Å². The Hall–Kier alpha value is -1.34. The van der Waals surface area contributed by atoms with Crippen molar-refractivity contribution in [1.82, 2.24) is 0 Å². The molecule has 0 atom stereocenters. The van der Waals surface area contributed by atoms with Crippen molar-refractivity contribution in [2.45, 2.75) is 65.9 Å². The van der Waals surface area contributed by atoms with E-state index >= 15 is 0 Å². The van der Waals surface area contributed by atoms with E-state index in [0.29, 0.717) is 46.4 Å². The number of fused-ring (bicyclic) bond motifs is 1. The molecule has 0 aliphatic carbocycles. The van der Waals surface area contributed by atoms with Gasteiger partial charge in [0.1, 0.15) is 0 Å². The molecule has 6 nitrogen and oxygen atoms in total. The molecule has 0 spiro atoms. The van der Waals surface area contributed by atoms with E-state index in [1.165, 1.54) is 11.1 Å². The number of rotatable bonds is 15. The number of aryl methyl sites for hydroxylation is 1. The summed E-state index contributed by atoms with van der Waals surface area (Å²) in [5.41, 5.74) is 2.44. The second-order valence-electron chi connectivity index (χ2n) is 6.93. The van der Waals surface area contributed by atoms with Gasteiger partial charge in [0.15, 0.2) is 11.5 Å². The minimum Gasteiger partial charge on any atom is -0.454 e. The van der Waals surface area contributed by atoms with Gasteiger partial charge in [0, 0.05) is 13.2 Å². The summed E-state index contributed by atoms with van der Waals surface area (Å²) in [5.74, 6) is 1.66. The molecular weight excluding hydrogens is 372 g/mol. The van der Waals surface area contributed by atoms with Crippen LogP contribution in [0.2, 0.25) is 0 Å². The maximum absolute atomic E-state index is 8.07. The van der Waals surface area contributed by atoms with Crippen molar-refractivity contribution in [2.75, 3.05) is 46.4 Å². The molecule has 0 fully saturated rings. The summed E-state index contributed by atoms with van der Waals surface area (Å²) in [6.45, 7) is 10.9. The number of ether oxygens (including phenoxy) is 5. The maximum Gasteiger partial charge on any atom is 0.231 e. The lowest BCUT2D eigenvalue weighted by molar-refractivity contribution is 0.0101. The third-order valence-corrected chi connectivity index (χ3v) is 4.37. The van der Waals surface area contributed by atoms with Crippen LogP contribution < -0.4 is 9.47 Å². The number of unbranched alkanes of at least 4 members (excludes halogenated alkanes) is 2. The largest absolute Gasteiger partial charge is 0.454 e. The number of aliphatic hydroxyl groups excluding tert-OH is 1. The molecule has 1 N–H and O–H groups in total. The summed E-state index contributed by atoms with van der Waals surface area (Å²) in [6.07, 6.45) is 6.42. The molecule has 0 amide bonds. The predicted octanol–water partition coefficient (Wildman–Crippen LogP) is 4.50. The molecule has 1 aliphatic rings. The zero-order valence-electron chi connectivity index (χ0n) is 18.5. The number of benzene rings is 1. The molecule has 0 saturated carbocycles. The van der Waals surface area contributed by atoms with Gasteiger partial charge in [0.2, 0.25) is 6.79 Å².